The minimum Gasteiger partial charge on any atom is -0.481 e. The van der Waals surface area contributed by atoms with Crippen molar-refractivity contribution >= 4 is 29.3 Å². The number of ether oxygens (including phenoxy) is 1. The Labute approximate surface area is 140 Å². The summed E-state index contributed by atoms with van der Waals surface area (Å²) in [7, 11) is 1.65. The Morgan fingerprint density at radius 2 is 2.17 bits per heavy atom. The summed E-state index contributed by atoms with van der Waals surface area (Å²) in [6, 6.07) is 7.74. The number of hydrogen-bond donors (Lipinski definition) is 2. The van der Waals surface area contributed by atoms with Crippen LogP contribution in [0, 0.1) is 5.41 Å². The molecule has 0 saturated heterocycles. The lowest BCUT2D eigenvalue weighted by atomic mass is 10.0. The van der Waals surface area contributed by atoms with Crippen molar-refractivity contribution in [3.63, 3.8) is 0 Å². The Kier molecular flexibility index (Phi) is 6.47. The molecule has 23 heavy (non-hydrogen) atoms. The van der Waals surface area contributed by atoms with Gasteiger partial charge in [-0.25, -0.2) is 0 Å². The maximum Gasteiger partial charge on any atom is 0.304 e. The fraction of sp³-hybridized carbons (Fsp3) is 0.529. The van der Waals surface area contributed by atoms with Crippen LogP contribution in [0.5, 0.6) is 0 Å². The first-order valence-corrected chi connectivity index (χ1v) is 8.90. The highest BCUT2D eigenvalue weighted by Gasteiger charge is 2.49. The fourth-order valence-corrected chi connectivity index (χ4v) is 3.27. The van der Waals surface area contributed by atoms with E-state index in [1.807, 2.05) is 24.3 Å². The third-order valence-corrected chi connectivity index (χ3v) is 5.06. The quantitative estimate of drug-likeness (QED) is 0.642. The van der Waals surface area contributed by atoms with Crippen LogP contribution in [0.4, 0.5) is 5.69 Å². The molecule has 2 rings (SSSR count). The first-order valence-electron chi connectivity index (χ1n) is 7.75. The van der Waals surface area contributed by atoms with Crippen molar-refractivity contribution in [1.29, 1.82) is 0 Å². The van der Waals surface area contributed by atoms with Gasteiger partial charge in [0.15, 0.2) is 0 Å². The third-order valence-electron chi connectivity index (χ3n) is 4.03. The van der Waals surface area contributed by atoms with E-state index in [4.69, 9.17) is 9.84 Å². The zero-order valence-electron chi connectivity index (χ0n) is 13.3. The SMILES string of the molecule is COCCC1(C(=O)Nc2cccc(CSCCC(=O)O)c2)CC1. The fourth-order valence-electron chi connectivity index (χ4n) is 2.39. The molecule has 1 aliphatic rings. The molecule has 1 aromatic carbocycles. The van der Waals surface area contributed by atoms with Gasteiger partial charge in [0.2, 0.25) is 5.91 Å². The van der Waals surface area contributed by atoms with E-state index in [1.165, 1.54) is 0 Å². The van der Waals surface area contributed by atoms with Crippen LogP contribution in [-0.4, -0.2) is 36.5 Å². The average molecular weight is 337 g/mol. The van der Waals surface area contributed by atoms with Gasteiger partial charge in [-0.15, -0.1) is 0 Å². The zero-order valence-corrected chi connectivity index (χ0v) is 14.2. The molecule has 6 heteroatoms. The Morgan fingerprint density at radius 3 is 2.83 bits per heavy atom. The number of methoxy groups -OCH3 is 1. The van der Waals surface area contributed by atoms with Gasteiger partial charge in [0.05, 0.1) is 11.8 Å². The van der Waals surface area contributed by atoms with Gasteiger partial charge in [0.25, 0.3) is 0 Å². The Hall–Kier alpha value is -1.53. The van der Waals surface area contributed by atoms with Gasteiger partial charge in [0, 0.05) is 30.9 Å². The molecule has 1 saturated carbocycles. The van der Waals surface area contributed by atoms with E-state index in [0.717, 1.165) is 36.3 Å². The molecule has 0 aromatic heterocycles. The molecule has 5 nitrogen and oxygen atoms in total. The van der Waals surface area contributed by atoms with Gasteiger partial charge in [-0.05, 0) is 37.0 Å². The minimum atomic E-state index is -0.774. The van der Waals surface area contributed by atoms with Gasteiger partial charge in [-0.3, -0.25) is 9.59 Å². The van der Waals surface area contributed by atoms with Gasteiger partial charge in [0.1, 0.15) is 0 Å². The molecule has 0 spiro atoms. The molecule has 1 fully saturated rings. The number of hydrogen-bond acceptors (Lipinski definition) is 4. The number of thioether (sulfide) groups is 1. The molecule has 0 bridgehead atoms. The van der Waals surface area contributed by atoms with Gasteiger partial charge in [-0.2, -0.15) is 11.8 Å². The van der Waals surface area contributed by atoms with Crippen molar-refractivity contribution in [2.45, 2.75) is 31.4 Å². The summed E-state index contributed by atoms with van der Waals surface area (Å²) in [5.41, 5.74) is 1.64. The van der Waals surface area contributed by atoms with Crippen LogP contribution in [0.15, 0.2) is 24.3 Å². The second kappa shape index (κ2) is 8.36. The van der Waals surface area contributed by atoms with Crippen molar-refractivity contribution in [2.75, 3.05) is 24.8 Å². The highest BCUT2D eigenvalue weighted by Crippen LogP contribution is 2.49. The molecule has 0 unspecified atom stereocenters. The lowest BCUT2D eigenvalue weighted by Gasteiger charge is -2.15. The average Bonchev–Trinajstić information content (AvgIpc) is 3.31. The second-order valence-corrected chi connectivity index (χ2v) is 6.98. The largest absolute Gasteiger partial charge is 0.481 e. The molecule has 2 N–H and O–H groups in total. The number of carboxylic acid groups (broad SMARTS) is 1. The van der Waals surface area contributed by atoms with Crippen LogP contribution in [0.25, 0.3) is 0 Å². The van der Waals surface area contributed by atoms with E-state index in [1.54, 1.807) is 18.9 Å². The highest BCUT2D eigenvalue weighted by molar-refractivity contribution is 7.98. The number of nitrogens with one attached hydrogen (secondary N) is 1. The topological polar surface area (TPSA) is 75.6 Å². The molecule has 1 amide bonds. The van der Waals surface area contributed by atoms with E-state index < -0.39 is 5.97 Å². The number of carbonyl (C=O) groups is 2. The second-order valence-electron chi connectivity index (χ2n) is 5.87. The maximum atomic E-state index is 12.4. The molecule has 0 atom stereocenters. The standard InChI is InChI=1S/C17H23NO4S/c1-22-9-8-17(6-7-17)16(21)18-14-4-2-3-13(11-14)12-23-10-5-15(19)20/h2-4,11H,5-10,12H2,1H3,(H,18,21)(H,19,20). The predicted molar refractivity (Wildman–Crippen MR) is 91.6 cm³/mol. The Morgan fingerprint density at radius 1 is 1.39 bits per heavy atom. The van der Waals surface area contributed by atoms with Crippen molar-refractivity contribution in [3.05, 3.63) is 29.8 Å². The maximum absolute atomic E-state index is 12.4. The van der Waals surface area contributed by atoms with Crippen molar-refractivity contribution < 1.29 is 19.4 Å². The summed E-state index contributed by atoms with van der Waals surface area (Å²) < 4.78 is 5.08. The minimum absolute atomic E-state index is 0.0743. The van der Waals surface area contributed by atoms with Crippen LogP contribution in [0.2, 0.25) is 0 Å². The van der Waals surface area contributed by atoms with Gasteiger partial charge >= 0.3 is 5.97 Å². The molecular formula is C17H23NO4S. The van der Waals surface area contributed by atoms with Crippen LogP contribution < -0.4 is 5.32 Å². The van der Waals surface area contributed by atoms with Gasteiger partial charge < -0.3 is 15.2 Å². The number of aliphatic carboxylic acids is 1. The lowest BCUT2D eigenvalue weighted by molar-refractivity contribution is -0.136. The summed E-state index contributed by atoms with van der Waals surface area (Å²) in [5.74, 6) is 0.632. The smallest absolute Gasteiger partial charge is 0.304 e. The van der Waals surface area contributed by atoms with E-state index in [2.05, 4.69) is 5.32 Å². The number of amides is 1. The Bertz CT molecular complexity index is 557. The Balaban J connectivity index is 1.85. The normalized spacial score (nSPS) is 15.2. The number of carboxylic acids is 1. The first-order chi connectivity index (χ1) is 11.1. The lowest BCUT2D eigenvalue weighted by Crippen LogP contribution is -2.25. The van der Waals surface area contributed by atoms with E-state index in [9.17, 15) is 9.59 Å². The summed E-state index contributed by atoms with van der Waals surface area (Å²) in [5, 5.41) is 11.6. The van der Waals surface area contributed by atoms with E-state index in [0.29, 0.717) is 12.4 Å². The summed E-state index contributed by atoms with van der Waals surface area (Å²) in [4.78, 5) is 22.9. The van der Waals surface area contributed by atoms with E-state index in [-0.39, 0.29) is 17.7 Å². The monoisotopic (exact) mass is 337 g/mol. The summed E-state index contributed by atoms with van der Waals surface area (Å²) >= 11 is 1.58. The molecule has 126 valence electrons. The number of rotatable bonds is 10. The van der Waals surface area contributed by atoms with Crippen LogP contribution in [0.1, 0.15) is 31.2 Å². The molecular weight excluding hydrogens is 314 g/mol. The van der Waals surface area contributed by atoms with Crippen molar-refractivity contribution in [3.8, 4) is 0 Å². The zero-order chi connectivity index (χ0) is 16.7. The summed E-state index contributed by atoms with van der Waals surface area (Å²) in [6.45, 7) is 0.605. The highest BCUT2D eigenvalue weighted by atomic mass is 32.2. The molecule has 1 aromatic rings. The predicted octanol–water partition coefficient (Wildman–Crippen LogP) is 3.15. The number of benzene rings is 1. The van der Waals surface area contributed by atoms with Crippen LogP contribution >= 0.6 is 11.8 Å². The van der Waals surface area contributed by atoms with Crippen molar-refractivity contribution in [1.82, 2.24) is 0 Å². The summed E-state index contributed by atoms with van der Waals surface area (Å²) in [6.07, 6.45) is 2.78. The van der Waals surface area contributed by atoms with Crippen LogP contribution in [-0.2, 0) is 20.1 Å². The van der Waals surface area contributed by atoms with Crippen LogP contribution in [0.3, 0.4) is 0 Å². The molecule has 0 radical (unpaired) electrons. The van der Waals surface area contributed by atoms with Gasteiger partial charge in [-0.1, -0.05) is 12.1 Å². The number of anilines is 1. The van der Waals surface area contributed by atoms with Crippen molar-refractivity contribution in [2.24, 2.45) is 5.41 Å². The molecule has 0 aliphatic heterocycles. The number of carbonyl (C=O) groups excluding carboxylic acids is 1. The molecule has 1 aliphatic carbocycles. The van der Waals surface area contributed by atoms with E-state index >= 15 is 0 Å². The third kappa shape index (κ3) is 5.55. The first kappa shape index (κ1) is 17.8. The molecule has 0 heterocycles.